The third-order valence-electron chi connectivity index (χ3n) is 4.53. The molecular weight excluding hydrogens is 252 g/mol. The second-order valence-electron chi connectivity index (χ2n) is 5.84. The van der Waals surface area contributed by atoms with Crippen molar-refractivity contribution in [2.45, 2.75) is 6.04 Å². The highest BCUT2D eigenvalue weighted by Gasteiger charge is 2.31. The van der Waals surface area contributed by atoms with Crippen LogP contribution in [-0.2, 0) is 0 Å². The van der Waals surface area contributed by atoms with Crippen LogP contribution in [0.5, 0.6) is 0 Å². The smallest absolute Gasteiger partial charge is 0.142 e. The highest BCUT2D eigenvalue weighted by Crippen LogP contribution is 2.25. The van der Waals surface area contributed by atoms with Crippen LogP contribution in [0, 0.1) is 0 Å². The van der Waals surface area contributed by atoms with E-state index in [-0.39, 0.29) is 0 Å². The Labute approximate surface area is 118 Å². The molecule has 0 bridgehead atoms. The van der Waals surface area contributed by atoms with Crippen molar-refractivity contribution in [2.75, 3.05) is 51.2 Å². The monoisotopic (exact) mass is 272 g/mol. The number of aromatic amines is 1. The van der Waals surface area contributed by atoms with Crippen molar-refractivity contribution in [3.05, 3.63) is 18.6 Å². The topological polar surface area (TPSA) is 51.3 Å². The van der Waals surface area contributed by atoms with Gasteiger partial charge in [0, 0.05) is 51.5 Å². The van der Waals surface area contributed by atoms with Crippen LogP contribution in [-0.4, -0.2) is 77.1 Å². The molecule has 0 radical (unpaired) electrons. The van der Waals surface area contributed by atoms with E-state index in [2.05, 4.69) is 42.8 Å². The first kappa shape index (κ1) is 12.1. The molecule has 4 heterocycles. The average molecular weight is 272 g/mol. The van der Waals surface area contributed by atoms with Crippen LogP contribution in [0.25, 0.3) is 11.0 Å². The maximum absolute atomic E-state index is 4.52. The highest BCUT2D eigenvalue weighted by atomic mass is 15.4. The summed E-state index contributed by atoms with van der Waals surface area (Å²) < 4.78 is 0. The van der Waals surface area contributed by atoms with Crippen molar-refractivity contribution >= 4 is 16.9 Å². The third kappa shape index (κ3) is 1.96. The third-order valence-corrected chi connectivity index (χ3v) is 4.53. The molecule has 106 valence electrons. The average Bonchev–Trinajstić information content (AvgIpc) is 2.94. The van der Waals surface area contributed by atoms with Gasteiger partial charge in [-0.2, -0.15) is 0 Å². The molecule has 1 unspecified atom stereocenters. The summed E-state index contributed by atoms with van der Waals surface area (Å²) in [5.74, 6) is 1.07. The van der Waals surface area contributed by atoms with E-state index >= 15 is 0 Å². The van der Waals surface area contributed by atoms with Gasteiger partial charge in [-0.05, 0) is 13.1 Å². The largest absolute Gasteiger partial charge is 0.353 e. The van der Waals surface area contributed by atoms with Gasteiger partial charge in [-0.1, -0.05) is 0 Å². The first-order chi connectivity index (χ1) is 9.81. The Kier molecular flexibility index (Phi) is 2.85. The quantitative estimate of drug-likeness (QED) is 0.814. The van der Waals surface area contributed by atoms with E-state index < -0.39 is 0 Å². The predicted octanol–water partition coefficient (Wildman–Crippen LogP) is 0.394. The van der Waals surface area contributed by atoms with Gasteiger partial charge in [-0.15, -0.1) is 0 Å². The maximum atomic E-state index is 4.52. The zero-order chi connectivity index (χ0) is 13.5. The molecule has 1 N–H and O–H groups in total. The van der Waals surface area contributed by atoms with Crippen molar-refractivity contribution in [3.63, 3.8) is 0 Å². The van der Waals surface area contributed by atoms with Crippen LogP contribution in [0.4, 0.5) is 5.82 Å². The van der Waals surface area contributed by atoms with Crippen LogP contribution in [0.1, 0.15) is 0 Å². The van der Waals surface area contributed by atoms with Gasteiger partial charge in [-0.3, -0.25) is 4.90 Å². The molecule has 0 spiro atoms. The van der Waals surface area contributed by atoms with Gasteiger partial charge in [0.15, 0.2) is 0 Å². The van der Waals surface area contributed by atoms with Gasteiger partial charge in [0.2, 0.25) is 0 Å². The van der Waals surface area contributed by atoms with Crippen molar-refractivity contribution in [3.8, 4) is 0 Å². The lowest BCUT2D eigenvalue weighted by Crippen LogP contribution is -2.61. The molecule has 2 aromatic rings. The lowest BCUT2D eigenvalue weighted by atomic mass is 10.1. The second kappa shape index (κ2) is 4.71. The molecule has 2 saturated heterocycles. The zero-order valence-electron chi connectivity index (χ0n) is 11.8. The molecule has 0 saturated carbocycles. The fraction of sp³-hybridized carbons (Fsp3) is 0.571. The number of H-pyrrole nitrogens is 1. The SMILES string of the molecule is CN1CCN2CCN(c3ncnc4[nH]ccc34)CC2C1. The normalized spacial score (nSPS) is 25.1. The van der Waals surface area contributed by atoms with Crippen LogP contribution in [0.3, 0.4) is 0 Å². The minimum absolute atomic E-state index is 0.617. The highest BCUT2D eigenvalue weighted by molar-refractivity contribution is 5.87. The van der Waals surface area contributed by atoms with Gasteiger partial charge in [0.25, 0.3) is 0 Å². The van der Waals surface area contributed by atoms with Gasteiger partial charge in [0.05, 0.1) is 5.39 Å². The summed E-state index contributed by atoms with van der Waals surface area (Å²) in [6, 6.07) is 2.69. The lowest BCUT2D eigenvalue weighted by Gasteiger charge is -2.46. The summed E-state index contributed by atoms with van der Waals surface area (Å²) in [5.41, 5.74) is 0.929. The Balaban J connectivity index is 1.62. The number of anilines is 1. The second-order valence-corrected chi connectivity index (χ2v) is 5.84. The molecule has 0 aliphatic carbocycles. The first-order valence-electron chi connectivity index (χ1n) is 7.27. The van der Waals surface area contributed by atoms with E-state index in [1.54, 1.807) is 6.33 Å². The van der Waals surface area contributed by atoms with E-state index in [0.29, 0.717) is 6.04 Å². The van der Waals surface area contributed by atoms with Gasteiger partial charge >= 0.3 is 0 Å². The van der Waals surface area contributed by atoms with E-state index in [1.165, 1.54) is 13.1 Å². The lowest BCUT2D eigenvalue weighted by molar-refractivity contribution is 0.0805. The molecular formula is C14H20N6. The number of hydrogen-bond acceptors (Lipinski definition) is 5. The number of piperazine rings is 2. The number of hydrogen-bond donors (Lipinski definition) is 1. The van der Waals surface area contributed by atoms with Crippen LogP contribution >= 0.6 is 0 Å². The molecule has 2 aromatic heterocycles. The molecule has 4 rings (SSSR count). The molecule has 6 nitrogen and oxygen atoms in total. The Morgan fingerprint density at radius 2 is 2.05 bits per heavy atom. The molecule has 2 aliphatic rings. The van der Waals surface area contributed by atoms with Crippen molar-refractivity contribution in [1.29, 1.82) is 0 Å². The number of aromatic nitrogens is 3. The summed E-state index contributed by atoms with van der Waals surface area (Å²) in [5, 5.41) is 1.13. The summed E-state index contributed by atoms with van der Waals surface area (Å²) in [6.45, 7) is 6.77. The number of rotatable bonds is 1. The van der Waals surface area contributed by atoms with Crippen LogP contribution in [0.15, 0.2) is 18.6 Å². The fourth-order valence-electron chi connectivity index (χ4n) is 3.41. The Hall–Kier alpha value is -1.66. The van der Waals surface area contributed by atoms with Crippen molar-refractivity contribution in [1.82, 2.24) is 24.8 Å². The zero-order valence-corrected chi connectivity index (χ0v) is 11.8. The van der Waals surface area contributed by atoms with E-state index in [0.717, 1.165) is 43.0 Å². The summed E-state index contributed by atoms with van der Waals surface area (Å²) in [6.07, 6.45) is 3.60. The molecule has 2 fully saturated rings. The number of nitrogens with zero attached hydrogens (tertiary/aromatic N) is 5. The number of nitrogens with one attached hydrogen (secondary N) is 1. The molecule has 0 aromatic carbocycles. The molecule has 1 atom stereocenters. The molecule has 20 heavy (non-hydrogen) atoms. The Bertz CT molecular complexity index is 608. The van der Waals surface area contributed by atoms with Crippen LogP contribution in [0.2, 0.25) is 0 Å². The van der Waals surface area contributed by atoms with Gasteiger partial charge in [0.1, 0.15) is 17.8 Å². The van der Waals surface area contributed by atoms with E-state index in [9.17, 15) is 0 Å². The minimum atomic E-state index is 0.617. The maximum Gasteiger partial charge on any atom is 0.142 e. The minimum Gasteiger partial charge on any atom is -0.353 e. The predicted molar refractivity (Wildman–Crippen MR) is 79.0 cm³/mol. The van der Waals surface area contributed by atoms with E-state index in [1.807, 2.05) is 6.20 Å². The summed E-state index contributed by atoms with van der Waals surface area (Å²) in [4.78, 5) is 19.4. The van der Waals surface area contributed by atoms with E-state index in [4.69, 9.17) is 0 Å². The molecule has 0 amide bonds. The van der Waals surface area contributed by atoms with Crippen molar-refractivity contribution in [2.24, 2.45) is 0 Å². The Morgan fingerprint density at radius 1 is 1.15 bits per heavy atom. The molecule has 2 aliphatic heterocycles. The first-order valence-corrected chi connectivity index (χ1v) is 7.27. The number of likely N-dealkylation sites (N-methyl/N-ethyl adjacent to an activating group) is 1. The van der Waals surface area contributed by atoms with Crippen LogP contribution < -0.4 is 4.90 Å². The summed E-state index contributed by atoms with van der Waals surface area (Å²) in [7, 11) is 2.21. The van der Waals surface area contributed by atoms with Gasteiger partial charge < -0.3 is 14.8 Å². The fourth-order valence-corrected chi connectivity index (χ4v) is 3.41. The Morgan fingerprint density at radius 3 is 3.00 bits per heavy atom. The summed E-state index contributed by atoms with van der Waals surface area (Å²) >= 11 is 0. The van der Waals surface area contributed by atoms with Gasteiger partial charge in [-0.25, -0.2) is 9.97 Å². The number of fused-ring (bicyclic) bond motifs is 2. The van der Waals surface area contributed by atoms with Crippen molar-refractivity contribution < 1.29 is 0 Å². The standard InChI is InChI=1S/C14H20N6/c1-18-4-5-19-6-7-20(9-11(19)8-18)14-12-2-3-15-13(12)16-10-17-14/h2-3,10-11H,4-9H2,1H3,(H,15,16,17). The molecule has 6 heteroatoms.